The van der Waals surface area contributed by atoms with Crippen molar-refractivity contribution >= 4 is 35.3 Å². The molecule has 3 heterocycles. The molecule has 0 spiro atoms. The highest BCUT2D eigenvalue weighted by atomic mass is 35.5. The molecular weight excluding hydrogens is 475 g/mol. The van der Waals surface area contributed by atoms with Crippen LogP contribution in [0.1, 0.15) is 28.1 Å². The summed E-state index contributed by atoms with van der Waals surface area (Å²) in [6.07, 6.45) is 3.30. The average Bonchev–Trinajstić information content (AvgIpc) is 3.51. The number of nitrogens with zero attached hydrogens (tertiary/aromatic N) is 2. The van der Waals surface area contributed by atoms with Gasteiger partial charge in [-0.2, -0.15) is 0 Å². The maximum Gasteiger partial charge on any atom is 0.268 e. The number of carbonyl (C=O) groups is 1. The van der Waals surface area contributed by atoms with Gasteiger partial charge in [-0.05, 0) is 73.8 Å². The van der Waals surface area contributed by atoms with Gasteiger partial charge in [0.05, 0.1) is 12.0 Å². The summed E-state index contributed by atoms with van der Waals surface area (Å²) in [7, 11) is 1.62. The zero-order valence-electron chi connectivity index (χ0n) is 19.1. The van der Waals surface area contributed by atoms with Crippen LogP contribution >= 0.6 is 23.7 Å². The maximum absolute atomic E-state index is 13.3. The standard InChI is InChI=1S/C26H27FN2O3S.ClH/c1-31-23-17-21(8-9-22(23)32-15-14-28-11-2-3-12-28)29-13-10-19-16-24(33-25(19)26(29)30)18-4-6-20(27)7-5-18;/h4-9,16-17H,2-3,10-15H2,1H3;1H. The van der Waals surface area contributed by atoms with Gasteiger partial charge >= 0.3 is 0 Å². The van der Waals surface area contributed by atoms with Crippen LogP contribution < -0.4 is 14.4 Å². The van der Waals surface area contributed by atoms with Gasteiger partial charge in [0, 0.05) is 29.7 Å². The smallest absolute Gasteiger partial charge is 0.268 e. The molecule has 34 heavy (non-hydrogen) atoms. The molecule has 5 nitrogen and oxygen atoms in total. The molecule has 0 N–H and O–H groups in total. The number of thiophene rings is 1. The Morgan fingerprint density at radius 1 is 1.00 bits per heavy atom. The molecule has 180 valence electrons. The zero-order chi connectivity index (χ0) is 22.8. The number of halogens is 2. The molecule has 5 rings (SSSR count). The van der Waals surface area contributed by atoms with Gasteiger partial charge in [-0.15, -0.1) is 23.7 Å². The minimum atomic E-state index is -0.264. The number of ether oxygens (including phenoxy) is 2. The highest BCUT2D eigenvalue weighted by Gasteiger charge is 2.29. The number of rotatable bonds is 7. The normalized spacial score (nSPS) is 15.7. The van der Waals surface area contributed by atoms with Crippen molar-refractivity contribution < 1.29 is 18.7 Å². The Labute approximate surface area is 209 Å². The summed E-state index contributed by atoms with van der Waals surface area (Å²) in [5, 5.41) is 0. The van der Waals surface area contributed by atoms with Crippen LogP contribution in [-0.2, 0) is 6.42 Å². The molecule has 2 aliphatic rings. The van der Waals surface area contributed by atoms with E-state index in [2.05, 4.69) is 11.0 Å². The first-order chi connectivity index (χ1) is 16.1. The van der Waals surface area contributed by atoms with Crippen LogP contribution in [0.5, 0.6) is 11.5 Å². The Balaban J connectivity index is 0.00000274. The van der Waals surface area contributed by atoms with E-state index in [9.17, 15) is 9.18 Å². The van der Waals surface area contributed by atoms with E-state index in [0.717, 1.165) is 52.6 Å². The van der Waals surface area contributed by atoms with Crippen LogP contribution in [-0.4, -0.2) is 50.7 Å². The Morgan fingerprint density at radius 2 is 1.76 bits per heavy atom. The second-order valence-corrected chi connectivity index (χ2v) is 9.46. The third-order valence-corrected chi connectivity index (χ3v) is 7.52. The van der Waals surface area contributed by atoms with Gasteiger partial charge in [0.25, 0.3) is 5.91 Å². The van der Waals surface area contributed by atoms with Crippen LogP contribution in [0.4, 0.5) is 10.1 Å². The number of likely N-dealkylation sites (tertiary alicyclic amines) is 1. The fraction of sp³-hybridized carbons (Fsp3) is 0.346. The molecule has 0 saturated carbocycles. The lowest BCUT2D eigenvalue weighted by Crippen LogP contribution is -2.36. The summed E-state index contributed by atoms with van der Waals surface area (Å²) in [4.78, 5) is 19.2. The topological polar surface area (TPSA) is 42.0 Å². The van der Waals surface area contributed by atoms with Crippen LogP contribution in [0.2, 0.25) is 0 Å². The van der Waals surface area contributed by atoms with Crippen molar-refractivity contribution in [3.63, 3.8) is 0 Å². The second kappa shape index (κ2) is 10.8. The SMILES string of the molecule is COc1cc(N2CCc3cc(-c4ccc(F)cc4)sc3C2=O)ccc1OCCN1CCCC1.Cl. The first-order valence-corrected chi connectivity index (χ1v) is 12.2. The quantitative estimate of drug-likeness (QED) is 0.418. The number of benzene rings is 2. The number of methoxy groups -OCH3 is 1. The lowest BCUT2D eigenvalue weighted by molar-refractivity contribution is 0.0985. The third kappa shape index (κ3) is 5.06. The monoisotopic (exact) mass is 502 g/mol. The van der Waals surface area contributed by atoms with Gasteiger partial charge in [0.1, 0.15) is 12.4 Å². The molecule has 1 aromatic heterocycles. The minimum absolute atomic E-state index is 0. The van der Waals surface area contributed by atoms with Crippen molar-refractivity contribution in [1.29, 1.82) is 0 Å². The Hall–Kier alpha value is -2.61. The van der Waals surface area contributed by atoms with Gasteiger partial charge in [-0.1, -0.05) is 12.1 Å². The summed E-state index contributed by atoms with van der Waals surface area (Å²) < 4.78 is 24.8. The summed E-state index contributed by atoms with van der Waals surface area (Å²) in [6, 6.07) is 14.1. The average molecular weight is 503 g/mol. The Bertz CT molecular complexity index is 1150. The van der Waals surface area contributed by atoms with Crippen molar-refractivity contribution in [2.24, 2.45) is 0 Å². The first-order valence-electron chi connectivity index (χ1n) is 11.4. The molecule has 0 bridgehead atoms. The molecule has 2 aromatic carbocycles. The lowest BCUT2D eigenvalue weighted by atomic mass is 10.1. The van der Waals surface area contributed by atoms with E-state index in [1.54, 1.807) is 24.1 Å². The van der Waals surface area contributed by atoms with E-state index in [-0.39, 0.29) is 24.1 Å². The molecule has 1 saturated heterocycles. The Kier molecular flexibility index (Phi) is 7.76. The first kappa shape index (κ1) is 24.5. The number of anilines is 1. The number of amides is 1. The lowest BCUT2D eigenvalue weighted by Gasteiger charge is -2.27. The summed E-state index contributed by atoms with van der Waals surface area (Å²) in [6.45, 7) is 4.41. The maximum atomic E-state index is 13.3. The number of carbonyl (C=O) groups excluding carboxylic acids is 1. The van der Waals surface area contributed by atoms with E-state index < -0.39 is 0 Å². The number of fused-ring (bicyclic) bond motifs is 1. The van der Waals surface area contributed by atoms with Crippen LogP contribution in [0.15, 0.2) is 48.5 Å². The van der Waals surface area contributed by atoms with Crippen LogP contribution in [0, 0.1) is 5.82 Å². The molecule has 2 aliphatic heterocycles. The molecule has 0 unspecified atom stereocenters. The number of hydrogen-bond acceptors (Lipinski definition) is 5. The van der Waals surface area contributed by atoms with Crippen molar-refractivity contribution in [2.75, 3.05) is 44.8 Å². The van der Waals surface area contributed by atoms with Gasteiger partial charge in [-0.25, -0.2) is 4.39 Å². The third-order valence-electron chi connectivity index (χ3n) is 6.30. The van der Waals surface area contributed by atoms with Gasteiger partial charge < -0.3 is 14.4 Å². The highest BCUT2D eigenvalue weighted by Crippen LogP contribution is 2.38. The van der Waals surface area contributed by atoms with Gasteiger partial charge in [0.15, 0.2) is 11.5 Å². The predicted molar refractivity (Wildman–Crippen MR) is 137 cm³/mol. The number of hydrogen-bond donors (Lipinski definition) is 0. The molecule has 3 aromatic rings. The Morgan fingerprint density at radius 3 is 2.50 bits per heavy atom. The van der Waals surface area contributed by atoms with Crippen molar-refractivity contribution in [3.05, 3.63) is 64.8 Å². The van der Waals surface area contributed by atoms with Crippen molar-refractivity contribution in [3.8, 4) is 21.9 Å². The van der Waals surface area contributed by atoms with Crippen molar-refractivity contribution in [1.82, 2.24) is 4.90 Å². The highest BCUT2D eigenvalue weighted by molar-refractivity contribution is 7.17. The van der Waals surface area contributed by atoms with Gasteiger partial charge in [0.2, 0.25) is 0 Å². The van der Waals surface area contributed by atoms with E-state index >= 15 is 0 Å². The van der Waals surface area contributed by atoms with E-state index in [1.807, 2.05) is 18.2 Å². The van der Waals surface area contributed by atoms with E-state index in [0.29, 0.717) is 24.7 Å². The fourth-order valence-electron chi connectivity index (χ4n) is 4.49. The molecule has 1 amide bonds. The fourth-order valence-corrected chi connectivity index (χ4v) is 5.65. The predicted octanol–water partition coefficient (Wildman–Crippen LogP) is 5.66. The molecule has 0 aliphatic carbocycles. The largest absolute Gasteiger partial charge is 0.493 e. The minimum Gasteiger partial charge on any atom is -0.493 e. The van der Waals surface area contributed by atoms with Gasteiger partial charge in [-0.3, -0.25) is 9.69 Å². The van der Waals surface area contributed by atoms with E-state index in [4.69, 9.17) is 9.47 Å². The van der Waals surface area contributed by atoms with Crippen molar-refractivity contribution in [2.45, 2.75) is 19.3 Å². The molecular formula is C26H28ClFN2O3S. The molecule has 8 heteroatoms. The summed E-state index contributed by atoms with van der Waals surface area (Å²) in [5.74, 6) is 1.05. The van der Waals surface area contributed by atoms with Crippen LogP contribution in [0.25, 0.3) is 10.4 Å². The van der Waals surface area contributed by atoms with Crippen LogP contribution in [0.3, 0.4) is 0 Å². The zero-order valence-corrected chi connectivity index (χ0v) is 20.7. The summed E-state index contributed by atoms with van der Waals surface area (Å²) >= 11 is 1.46. The second-order valence-electron chi connectivity index (χ2n) is 8.41. The molecule has 0 atom stereocenters. The molecule has 0 radical (unpaired) electrons. The molecule has 1 fully saturated rings. The summed E-state index contributed by atoms with van der Waals surface area (Å²) in [5.41, 5.74) is 2.77. The van der Waals surface area contributed by atoms with E-state index in [1.165, 1.54) is 36.3 Å².